The Labute approximate surface area is 94.1 Å². The predicted molar refractivity (Wildman–Crippen MR) is 64.1 cm³/mol. The van der Waals surface area contributed by atoms with Gasteiger partial charge in [0, 0.05) is 22.6 Å². The molecule has 0 fully saturated rings. The number of fused-ring (bicyclic) bond motifs is 1. The second kappa shape index (κ2) is 4.17. The van der Waals surface area contributed by atoms with Crippen molar-refractivity contribution in [1.82, 2.24) is 4.98 Å². The fourth-order valence-corrected chi connectivity index (χ4v) is 1.93. The second-order valence-electron chi connectivity index (χ2n) is 3.78. The van der Waals surface area contributed by atoms with Gasteiger partial charge in [-0.15, -0.1) is 0 Å². The van der Waals surface area contributed by atoms with E-state index in [9.17, 15) is 0 Å². The van der Waals surface area contributed by atoms with Crippen LogP contribution in [0, 0.1) is 0 Å². The molecule has 0 unspecified atom stereocenters. The Balaban J connectivity index is 2.63. The average molecular weight is 221 g/mol. The molecule has 2 aromatic rings. The highest BCUT2D eigenvalue weighted by Gasteiger charge is 2.08. The van der Waals surface area contributed by atoms with Gasteiger partial charge in [0.15, 0.2) is 0 Å². The molecule has 0 bridgehead atoms. The fraction of sp³-hybridized carbons (Fsp3) is 0.250. The number of rotatable bonds is 2. The van der Waals surface area contributed by atoms with Crippen LogP contribution in [0.2, 0.25) is 5.02 Å². The van der Waals surface area contributed by atoms with Gasteiger partial charge in [-0.2, -0.15) is 0 Å². The molecule has 78 valence electrons. The van der Waals surface area contributed by atoms with E-state index in [0.29, 0.717) is 0 Å². The van der Waals surface area contributed by atoms with Gasteiger partial charge in [-0.1, -0.05) is 23.7 Å². The molecule has 0 aliphatic rings. The van der Waals surface area contributed by atoms with Crippen molar-refractivity contribution < 1.29 is 0 Å². The van der Waals surface area contributed by atoms with E-state index in [0.717, 1.165) is 27.9 Å². The minimum absolute atomic E-state index is 0.0927. The van der Waals surface area contributed by atoms with E-state index < -0.39 is 0 Å². The molecular formula is C12H13ClN2. The molecule has 2 rings (SSSR count). The van der Waals surface area contributed by atoms with Gasteiger partial charge in [-0.25, -0.2) is 0 Å². The Bertz CT molecular complexity index is 480. The van der Waals surface area contributed by atoms with Crippen LogP contribution < -0.4 is 5.73 Å². The summed E-state index contributed by atoms with van der Waals surface area (Å²) < 4.78 is 0. The van der Waals surface area contributed by atoms with Crippen molar-refractivity contribution >= 4 is 22.5 Å². The first-order chi connectivity index (χ1) is 7.18. The summed E-state index contributed by atoms with van der Waals surface area (Å²) in [6, 6.07) is 7.93. The summed E-state index contributed by atoms with van der Waals surface area (Å²) in [6.45, 7) is 1.97. The molecule has 0 amide bonds. The summed E-state index contributed by atoms with van der Waals surface area (Å²) >= 11 is 6.15. The zero-order valence-electron chi connectivity index (χ0n) is 8.57. The van der Waals surface area contributed by atoms with Gasteiger partial charge < -0.3 is 5.73 Å². The summed E-state index contributed by atoms with van der Waals surface area (Å²) in [5.41, 5.74) is 7.80. The van der Waals surface area contributed by atoms with Gasteiger partial charge in [-0.3, -0.25) is 4.98 Å². The number of hydrogen-bond acceptors (Lipinski definition) is 2. The molecule has 0 saturated heterocycles. The van der Waals surface area contributed by atoms with Crippen LogP contribution in [0.15, 0.2) is 30.5 Å². The van der Waals surface area contributed by atoms with Crippen LogP contribution in [0.25, 0.3) is 10.9 Å². The van der Waals surface area contributed by atoms with Crippen LogP contribution >= 0.6 is 11.6 Å². The average Bonchev–Trinajstić information content (AvgIpc) is 2.22. The van der Waals surface area contributed by atoms with Crippen LogP contribution in [0.1, 0.15) is 12.5 Å². The Kier molecular flexibility index (Phi) is 2.89. The molecule has 15 heavy (non-hydrogen) atoms. The number of nitrogens with two attached hydrogens (primary N) is 1. The van der Waals surface area contributed by atoms with Crippen molar-refractivity contribution in [3.05, 3.63) is 41.0 Å². The Hall–Kier alpha value is -1.12. The van der Waals surface area contributed by atoms with Gasteiger partial charge in [0.2, 0.25) is 0 Å². The Morgan fingerprint density at radius 3 is 2.93 bits per heavy atom. The lowest BCUT2D eigenvalue weighted by atomic mass is 10.0. The molecule has 1 atom stereocenters. The Morgan fingerprint density at radius 2 is 2.20 bits per heavy atom. The number of pyridine rings is 1. The third-order valence-electron chi connectivity index (χ3n) is 2.35. The van der Waals surface area contributed by atoms with Crippen molar-refractivity contribution in [2.45, 2.75) is 19.4 Å². The smallest absolute Gasteiger partial charge is 0.0749 e. The SMILES string of the molecule is C[C@@H](N)Cc1c(Cl)ccc2cccnc12. The molecule has 0 saturated carbocycles. The van der Waals surface area contributed by atoms with E-state index in [1.54, 1.807) is 6.20 Å². The molecule has 0 aliphatic heterocycles. The number of halogens is 1. The van der Waals surface area contributed by atoms with Gasteiger partial charge in [-0.05, 0) is 31.0 Å². The molecule has 2 nitrogen and oxygen atoms in total. The highest BCUT2D eigenvalue weighted by atomic mass is 35.5. The minimum atomic E-state index is 0.0927. The van der Waals surface area contributed by atoms with Crippen molar-refractivity contribution in [1.29, 1.82) is 0 Å². The predicted octanol–water partition coefficient (Wildman–Crippen LogP) is 2.78. The first kappa shape index (κ1) is 10.4. The first-order valence-corrected chi connectivity index (χ1v) is 5.34. The molecule has 1 heterocycles. The fourth-order valence-electron chi connectivity index (χ4n) is 1.70. The van der Waals surface area contributed by atoms with Crippen LogP contribution in [0.5, 0.6) is 0 Å². The molecule has 1 aromatic heterocycles. The van der Waals surface area contributed by atoms with E-state index in [-0.39, 0.29) is 6.04 Å². The molecule has 0 radical (unpaired) electrons. The lowest BCUT2D eigenvalue weighted by Gasteiger charge is -2.10. The van der Waals surface area contributed by atoms with Crippen LogP contribution in [0.3, 0.4) is 0 Å². The molecular weight excluding hydrogens is 208 g/mol. The summed E-state index contributed by atoms with van der Waals surface area (Å²) in [4.78, 5) is 4.36. The molecule has 3 heteroatoms. The zero-order chi connectivity index (χ0) is 10.8. The van der Waals surface area contributed by atoms with Crippen molar-refractivity contribution in [3.8, 4) is 0 Å². The van der Waals surface area contributed by atoms with Crippen molar-refractivity contribution in [2.75, 3.05) is 0 Å². The highest BCUT2D eigenvalue weighted by Crippen LogP contribution is 2.25. The van der Waals surface area contributed by atoms with Gasteiger partial charge in [0.05, 0.1) is 5.52 Å². The third kappa shape index (κ3) is 2.11. The maximum absolute atomic E-state index is 6.15. The number of aromatic nitrogens is 1. The van der Waals surface area contributed by atoms with Crippen molar-refractivity contribution in [2.24, 2.45) is 5.73 Å². The summed E-state index contributed by atoms with van der Waals surface area (Å²) in [7, 11) is 0. The monoisotopic (exact) mass is 220 g/mol. The second-order valence-corrected chi connectivity index (χ2v) is 4.19. The molecule has 0 aliphatic carbocycles. The number of nitrogens with zero attached hydrogens (tertiary/aromatic N) is 1. The molecule has 2 N–H and O–H groups in total. The van der Waals surface area contributed by atoms with Crippen LogP contribution in [-0.4, -0.2) is 11.0 Å². The van der Waals surface area contributed by atoms with Crippen LogP contribution in [-0.2, 0) is 6.42 Å². The lowest BCUT2D eigenvalue weighted by molar-refractivity contribution is 0.741. The van der Waals surface area contributed by atoms with E-state index in [2.05, 4.69) is 4.98 Å². The zero-order valence-corrected chi connectivity index (χ0v) is 9.33. The topological polar surface area (TPSA) is 38.9 Å². The standard InChI is InChI=1S/C12H13ClN2/c1-8(14)7-10-11(13)5-4-9-3-2-6-15-12(9)10/h2-6,8H,7,14H2,1H3/t8-/m1/s1. The van der Waals surface area contributed by atoms with Gasteiger partial charge in [0.25, 0.3) is 0 Å². The third-order valence-corrected chi connectivity index (χ3v) is 2.70. The summed E-state index contributed by atoms with van der Waals surface area (Å²) in [5, 5.41) is 1.86. The van der Waals surface area contributed by atoms with E-state index in [1.165, 1.54) is 0 Å². The van der Waals surface area contributed by atoms with Crippen LogP contribution in [0.4, 0.5) is 0 Å². The maximum atomic E-state index is 6.15. The normalized spacial score (nSPS) is 13.0. The lowest BCUT2D eigenvalue weighted by Crippen LogP contribution is -2.18. The molecule has 1 aromatic carbocycles. The van der Waals surface area contributed by atoms with E-state index in [1.807, 2.05) is 31.2 Å². The first-order valence-electron chi connectivity index (χ1n) is 4.96. The van der Waals surface area contributed by atoms with E-state index >= 15 is 0 Å². The van der Waals surface area contributed by atoms with E-state index in [4.69, 9.17) is 17.3 Å². The van der Waals surface area contributed by atoms with Gasteiger partial charge in [0.1, 0.15) is 0 Å². The van der Waals surface area contributed by atoms with Crippen molar-refractivity contribution in [3.63, 3.8) is 0 Å². The number of benzene rings is 1. The quantitative estimate of drug-likeness (QED) is 0.846. The molecule has 0 spiro atoms. The summed E-state index contributed by atoms with van der Waals surface area (Å²) in [5.74, 6) is 0. The largest absolute Gasteiger partial charge is 0.328 e. The minimum Gasteiger partial charge on any atom is -0.328 e. The Morgan fingerprint density at radius 1 is 1.40 bits per heavy atom. The highest BCUT2D eigenvalue weighted by molar-refractivity contribution is 6.32. The number of hydrogen-bond donors (Lipinski definition) is 1. The van der Waals surface area contributed by atoms with Gasteiger partial charge >= 0.3 is 0 Å². The maximum Gasteiger partial charge on any atom is 0.0749 e. The summed E-state index contributed by atoms with van der Waals surface area (Å²) in [6.07, 6.45) is 2.54.